The third kappa shape index (κ3) is 5.26. The molecule has 5 heteroatoms. The van der Waals surface area contributed by atoms with Crippen molar-refractivity contribution in [2.75, 3.05) is 59.0 Å². The first-order valence-corrected chi connectivity index (χ1v) is 8.61. The Balaban J connectivity index is 2.24. The van der Waals surface area contributed by atoms with Crippen molar-refractivity contribution in [1.82, 2.24) is 15.1 Å². The van der Waals surface area contributed by atoms with Gasteiger partial charge in [-0.05, 0) is 25.0 Å². The molecular formula is C18H31N3O2. The minimum atomic E-state index is 0.114. The van der Waals surface area contributed by atoms with Crippen molar-refractivity contribution in [3.8, 4) is 0 Å². The molecule has 1 unspecified atom stereocenters. The number of hydrogen-bond donors (Lipinski definition) is 3. The van der Waals surface area contributed by atoms with Gasteiger partial charge in [0, 0.05) is 51.9 Å². The fourth-order valence-corrected chi connectivity index (χ4v) is 3.43. The summed E-state index contributed by atoms with van der Waals surface area (Å²) in [6, 6.07) is 6.78. The third-order valence-corrected chi connectivity index (χ3v) is 4.64. The van der Waals surface area contributed by atoms with E-state index in [4.69, 9.17) is 0 Å². The summed E-state index contributed by atoms with van der Waals surface area (Å²) in [6.45, 7) is 10.8. The zero-order valence-electron chi connectivity index (χ0n) is 14.5. The quantitative estimate of drug-likeness (QED) is 0.652. The SMILES string of the molecule is Cc1ccc(C(CN2CCNCC2)N(CCO)CCO)c(C)c1. The summed E-state index contributed by atoms with van der Waals surface area (Å²) >= 11 is 0. The Labute approximate surface area is 139 Å². The lowest BCUT2D eigenvalue weighted by Gasteiger charge is -2.37. The lowest BCUT2D eigenvalue weighted by atomic mass is 9.97. The van der Waals surface area contributed by atoms with Crippen LogP contribution >= 0.6 is 0 Å². The summed E-state index contributed by atoms with van der Waals surface area (Å²) in [5.41, 5.74) is 3.85. The lowest BCUT2D eigenvalue weighted by Crippen LogP contribution is -2.48. The molecule has 3 N–H and O–H groups in total. The van der Waals surface area contributed by atoms with Crippen molar-refractivity contribution in [3.05, 3.63) is 34.9 Å². The van der Waals surface area contributed by atoms with Crippen LogP contribution in [0.5, 0.6) is 0 Å². The van der Waals surface area contributed by atoms with Crippen LogP contribution in [0.4, 0.5) is 0 Å². The summed E-state index contributed by atoms with van der Waals surface area (Å²) in [6.07, 6.45) is 0. The number of nitrogens with zero attached hydrogens (tertiary/aromatic N) is 2. The monoisotopic (exact) mass is 321 g/mol. The summed E-state index contributed by atoms with van der Waals surface area (Å²) in [5, 5.41) is 22.3. The fourth-order valence-electron chi connectivity index (χ4n) is 3.43. The predicted molar refractivity (Wildman–Crippen MR) is 93.7 cm³/mol. The topological polar surface area (TPSA) is 59.0 Å². The van der Waals surface area contributed by atoms with Crippen LogP contribution in [0.2, 0.25) is 0 Å². The fraction of sp³-hybridized carbons (Fsp3) is 0.667. The van der Waals surface area contributed by atoms with Crippen molar-refractivity contribution >= 4 is 0 Å². The summed E-state index contributed by atoms with van der Waals surface area (Å²) < 4.78 is 0. The number of aliphatic hydroxyl groups excluding tert-OH is 2. The highest BCUT2D eigenvalue weighted by Gasteiger charge is 2.24. The molecule has 0 spiro atoms. The maximum atomic E-state index is 9.43. The molecule has 130 valence electrons. The molecule has 0 aliphatic carbocycles. The number of benzene rings is 1. The van der Waals surface area contributed by atoms with Gasteiger partial charge in [0.15, 0.2) is 0 Å². The molecule has 1 aromatic rings. The van der Waals surface area contributed by atoms with E-state index in [1.165, 1.54) is 16.7 Å². The van der Waals surface area contributed by atoms with Gasteiger partial charge in [0.05, 0.1) is 13.2 Å². The van der Waals surface area contributed by atoms with Gasteiger partial charge in [-0.3, -0.25) is 9.80 Å². The second-order valence-electron chi connectivity index (χ2n) is 6.41. The van der Waals surface area contributed by atoms with E-state index in [1.54, 1.807) is 0 Å². The molecule has 0 amide bonds. The number of piperazine rings is 1. The Kier molecular flexibility index (Phi) is 7.46. The van der Waals surface area contributed by atoms with Gasteiger partial charge in [0.2, 0.25) is 0 Å². The molecule has 0 aromatic heterocycles. The molecule has 1 heterocycles. The van der Waals surface area contributed by atoms with Crippen molar-refractivity contribution in [1.29, 1.82) is 0 Å². The summed E-state index contributed by atoms with van der Waals surface area (Å²) in [4.78, 5) is 4.68. The first-order chi connectivity index (χ1) is 11.2. The second-order valence-corrected chi connectivity index (χ2v) is 6.41. The van der Waals surface area contributed by atoms with Gasteiger partial charge in [0.1, 0.15) is 0 Å². The van der Waals surface area contributed by atoms with Gasteiger partial charge in [-0.1, -0.05) is 23.8 Å². The average molecular weight is 321 g/mol. The molecular weight excluding hydrogens is 290 g/mol. The highest BCUT2D eigenvalue weighted by molar-refractivity contribution is 5.33. The van der Waals surface area contributed by atoms with Crippen molar-refractivity contribution in [3.63, 3.8) is 0 Å². The standard InChI is InChI=1S/C18H31N3O2/c1-15-3-4-17(16(2)13-15)18(21(9-11-22)10-12-23)14-20-7-5-19-6-8-20/h3-4,13,18-19,22-23H,5-12,14H2,1-2H3. The highest BCUT2D eigenvalue weighted by atomic mass is 16.3. The van der Waals surface area contributed by atoms with Crippen molar-refractivity contribution in [2.24, 2.45) is 0 Å². The minimum absolute atomic E-state index is 0.114. The molecule has 0 bridgehead atoms. The van der Waals surface area contributed by atoms with E-state index in [0.29, 0.717) is 13.1 Å². The van der Waals surface area contributed by atoms with Gasteiger partial charge in [-0.25, -0.2) is 0 Å². The number of nitrogens with one attached hydrogen (secondary N) is 1. The maximum Gasteiger partial charge on any atom is 0.0558 e. The Bertz CT molecular complexity index is 469. The van der Waals surface area contributed by atoms with Crippen LogP contribution in [-0.4, -0.2) is 79.0 Å². The third-order valence-electron chi connectivity index (χ3n) is 4.64. The summed E-state index contributed by atoms with van der Waals surface area (Å²) in [5.74, 6) is 0. The van der Waals surface area contributed by atoms with Crippen LogP contribution in [0.3, 0.4) is 0 Å². The van der Waals surface area contributed by atoms with Crippen LogP contribution in [0, 0.1) is 13.8 Å². The Morgan fingerprint density at radius 3 is 2.35 bits per heavy atom. The molecule has 1 atom stereocenters. The Morgan fingerprint density at radius 2 is 1.78 bits per heavy atom. The Hall–Kier alpha value is -0.980. The molecule has 1 aliphatic heterocycles. The molecule has 2 rings (SSSR count). The van der Waals surface area contributed by atoms with Crippen LogP contribution in [0.25, 0.3) is 0 Å². The highest BCUT2D eigenvalue weighted by Crippen LogP contribution is 2.26. The predicted octanol–water partition coefficient (Wildman–Crippen LogP) is 0.536. The second kappa shape index (κ2) is 9.35. The van der Waals surface area contributed by atoms with Gasteiger partial charge in [0.25, 0.3) is 0 Å². The van der Waals surface area contributed by atoms with E-state index in [1.807, 2.05) is 0 Å². The molecule has 0 radical (unpaired) electrons. The first kappa shape index (κ1) is 18.4. The smallest absolute Gasteiger partial charge is 0.0558 e. The maximum absolute atomic E-state index is 9.43. The molecule has 5 nitrogen and oxygen atoms in total. The molecule has 1 aromatic carbocycles. The van der Waals surface area contributed by atoms with Crippen LogP contribution in [0.15, 0.2) is 18.2 Å². The normalized spacial score (nSPS) is 17.6. The largest absolute Gasteiger partial charge is 0.395 e. The van der Waals surface area contributed by atoms with E-state index in [9.17, 15) is 10.2 Å². The Morgan fingerprint density at radius 1 is 1.13 bits per heavy atom. The van der Waals surface area contributed by atoms with Gasteiger partial charge in [-0.2, -0.15) is 0 Å². The average Bonchev–Trinajstić information content (AvgIpc) is 2.54. The molecule has 1 fully saturated rings. The zero-order chi connectivity index (χ0) is 16.7. The first-order valence-electron chi connectivity index (χ1n) is 8.61. The van der Waals surface area contributed by atoms with Gasteiger partial charge >= 0.3 is 0 Å². The van der Waals surface area contributed by atoms with E-state index in [-0.39, 0.29) is 19.3 Å². The van der Waals surface area contributed by atoms with Gasteiger partial charge in [-0.15, -0.1) is 0 Å². The van der Waals surface area contributed by atoms with E-state index in [0.717, 1.165) is 32.7 Å². The number of aryl methyl sites for hydroxylation is 2. The number of hydrogen-bond acceptors (Lipinski definition) is 5. The molecule has 1 saturated heterocycles. The van der Waals surface area contributed by atoms with E-state index >= 15 is 0 Å². The van der Waals surface area contributed by atoms with Crippen molar-refractivity contribution in [2.45, 2.75) is 19.9 Å². The van der Waals surface area contributed by atoms with Crippen molar-refractivity contribution < 1.29 is 10.2 Å². The van der Waals surface area contributed by atoms with Crippen LogP contribution in [-0.2, 0) is 0 Å². The van der Waals surface area contributed by atoms with E-state index < -0.39 is 0 Å². The number of aliphatic hydroxyl groups is 2. The molecule has 0 saturated carbocycles. The van der Waals surface area contributed by atoms with Gasteiger partial charge < -0.3 is 15.5 Å². The minimum Gasteiger partial charge on any atom is -0.395 e. The lowest BCUT2D eigenvalue weighted by molar-refractivity contribution is 0.0901. The zero-order valence-corrected chi connectivity index (χ0v) is 14.5. The molecule has 23 heavy (non-hydrogen) atoms. The number of rotatable bonds is 8. The summed E-state index contributed by atoms with van der Waals surface area (Å²) in [7, 11) is 0. The van der Waals surface area contributed by atoms with Crippen LogP contribution < -0.4 is 5.32 Å². The molecule has 1 aliphatic rings. The van der Waals surface area contributed by atoms with E-state index in [2.05, 4.69) is 47.2 Å². The van der Waals surface area contributed by atoms with Crippen LogP contribution in [0.1, 0.15) is 22.7 Å².